The van der Waals surface area contributed by atoms with Crippen LogP contribution in [0.2, 0.25) is 0 Å². The summed E-state index contributed by atoms with van der Waals surface area (Å²) in [6.07, 6.45) is 2.32. The van der Waals surface area contributed by atoms with Crippen molar-refractivity contribution in [2.24, 2.45) is 5.10 Å². The summed E-state index contributed by atoms with van der Waals surface area (Å²) in [4.78, 5) is 23.5. The maximum absolute atomic E-state index is 11.8. The number of carbonyl (C=O) groups is 2. The second-order valence-corrected chi connectivity index (χ2v) is 6.91. The van der Waals surface area contributed by atoms with Gasteiger partial charge in [0.05, 0.1) is 6.21 Å². The molecule has 2 rings (SSSR count). The summed E-state index contributed by atoms with van der Waals surface area (Å²) < 4.78 is 2.14. The summed E-state index contributed by atoms with van der Waals surface area (Å²) in [6, 6.07) is 8.29. The van der Waals surface area contributed by atoms with Gasteiger partial charge in [-0.15, -0.1) is 0 Å². The van der Waals surface area contributed by atoms with E-state index in [0.717, 1.165) is 29.1 Å². The van der Waals surface area contributed by atoms with Gasteiger partial charge in [0.2, 0.25) is 0 Å². The standard InChI is InChI=1S/C21H28N4O2/c1-7-15(4)23-20(26)21(27)24-22-12-18-11-16(5)25(17(18)6)19-9-8-13(2)14(3)10-19/h8-12,15H,7H2,1-6H3,(H,23,26)(H,24,27)/b22-12-/t15-/m0/s1. The van der Waals surface area contributed by atoms with Gasteiger partial charge in [-0.2, -0.15) is 5.10 Å². The number of aryl methyl sites for hydroxylation is 3. The molecule has 0 fully saturated rings. The van der Waals surface area contributed by atoms with Crippen LogP contribution >= 0.6 is 0 Å². The molecule has 144 valence electrons. The van der Waals surface area contributed by atoms with E-state index in [2.05, 4.69) is 52.5 Å². The average molecular weight is 368 g/mol. The molecule has 0 unspecified atom stereocenters. The molecule has 2 amide bonds. The predicted molar refractivity (Wildman–Crippen MR) is 108 cm³/mol. The highest BCUT2D eigenvalue weighted by atomic mass is 16.2. The van der Waals surface area contributed by atoms with Crippen molar-refractivity contribution in [3.05, 3.63) is 52.3 Å². The summed E-state index contributed by atoms with van der Waals surface area (Å²) in [5, 5.41) is 6.54. The van der Waals surface area contributed by atoms with Crippen LogP contribution in [0.4, 0.5) is 0 Å². The van der Waals surface area contributed by atoms with E-state index in [1.165, 1.54) is 11.1 Å². The quantitative estimate of drug-likeness (QED) is 0.483. The van der Waals surface area contributed by atoms with Crippen LogP contribution < -0.4 is 10.7 Å². The van der Waals surface area contributed by atoms with E-state index in [1.807, 2.05) is 33.8 Å². The van der Waals surface area contributed by atoms with Crippen LogP contribution in [0.1, 0.15) is 48.3 Å². The molecule has 27 heavy (non-hydrogen) atoms. The number of nitrogens with zero attached hydrogens (tertiary/aromatic N) is 2. The fourth-order valence-electron chi connectivity index (χ4n) is 2.78. The Morgan fingerprint density at radius 2 is 1.81 bits per heavy atom. The van der Waals surface area contributed by atoms with Gasteiger partial charge < -0.3 is 9.88 Å². The maximum atomic E-state index is 11.8. The molecule has 0 aliphatic carbocycles. The monoisotopic (exact) mass is 368 g/mol. The largest absolute Gasteiger partial charge is 0.345 e. The molecule has 1 atom stereocenters. The number of hydrogen-bond donors (Lipinski definition) is 2. The van der Waals surface area contributed by atoms with E-state index in [1.54, 1.807) is 6.21 Å². The Balaban J connectivity index is 2.14. The van der Waals surface area contributed by atoms with Crippen molar-refractivity contribution in [1.82, 2.24) is 15.3 Å². The molecule has 0 radical (unpaired) electrons. The fourth-order valence-corrected chi connectivity index (χ4v) is 2.78. The normalized spacial score (nSPS) is 12.2. The van der Waals surface area contributed by atoms with Crippen LogP contribution in [0.3, 0.4) is 0 Å². The van der Waals surface area contributed by atoms with Crippen LogP contribution in [-0.4, -0.2) is 28.6 Å². The topological polar surface area (TPSA) is 75.5 Å². The lowest BCUT2D eigenvalue weighted by Gasteiger charge is -2.11. The summed E-state index contributed by atoms with van der Waals surface area (Å²) in [7, 11) is 0. The Morgan fingerprint density at radius 3 is 2.44 bits per heavy atom. The minimum absolute atomic E-state index is 0.0517. The number of amides is 2. The molecule has 0 spiro atoms. The molecule has 0 aliphatic heterocycles. The molecule has 1 aromatic heterocycles. The lowest BCUT2D eigenvalue weighted by atomic mass is 10.1. The molecule has 6 heteroatoms. The van der Waals surface area contributed by atoms with E-state index in [9.17, 15) is 9.59 Å². The zero-order valence-electron chi connectivity index (χ0n) is 16.9. The van der Waals surface area contributed by atoms with Gasteiger partial charge in [-0.25, -0.2) is 5.43 Å². The molecule has 0 aliphatic rings. The highest BCUT2D eigenvalue weighted by molar-refractivity contribution is 6.35. The SMILES string of the molecule is CC[C@H](C)NC(=O)C(=O)N/N=C\c1cc(C)n(-c2ccc(C)c(C)c2)c1C. The van der Waals surface area contributed by atoms with E-state index in [4.69, 9.17) is 0 Å². The van der Waals surface area contributed by atoms with Crippen LogP contribution in [0.25, 0.3) is 5.69 Å². The second-order valence-electron chi connectivity index (χ2n) is 6.91. The van der Waals surface area contributed by atoms with Gasteiger partial charge in [0.1, 0.15) is 0 Å². The number of nitrogens with one attached hydrogen (secondary N) is 2. The van der Waals surface area contributed by atoms with Gasteiger partial charge in [0.15, 0.2) is 0 Å². The van der Waals surface area contributed by atoms with Gasteiger partial charge >= 0.3 is 11.8 Å². The number of rotatable bonds is 5. The highest BCUT2D eigenvalue weighted by Crippen LogP contribution is 2.21. The van der Waals surface area contributed by atoms with Crippen molar-refractivity contribution < 1.29 is 9.59 Å². The Morgan fingerprint density at radius 1 is 1.11 bits per heavy atom. The first-order valence-corrected chi connectivity index (χ1v) is 9.15. The number of hydrazone groups is 1. The summed E-state index contributed by atoms with van der Waals surface area (Å²) in [5.41, 5.74) is 8.81. The number of aromatic nitrogens is 1. The van der Waals surface area contributed by atoms with Gasteiger partial charge in [0.25, 0.3) is 0 Å². The lowest BCUT2D eigenvalue weighted by Crippen LogP contribution is -2.41. The minimum atomic E-state index is -0.769. The van der Waals surface area contributed by atoms with Gasteiger partial charge in [-0.1, -0.05) is 13.0 Å². The van der Waals surface area contributed by atoms with Crippen molar-refractivity contribution in [1.29, 1.82) is 0 Å². The summed E-state index contributed by atoms with van der Waals surface area (Å²) >= 11 is 0. The smallest absolute Gasteiger partial charge is 0.329 e. The first-order chi connectivity index (χ1) is 12.7. The molecule has 1 aromatic carbocycles. The molecular weight excluding hydrogens is 340 g/mol. The third kappa shape index (κ3) is 4.84. The van der Waals surface area contributed by atoms with Crippen molar-refractivity contribution in [2.45, 2.75) is 54.0 Å². The molecular formula is C21H28N4O2. The van der Waals surface area contributed by atoms with E-state index < -0.39 is 11.8 Å². The highest BCUT2D eigenvalue weighted by Gasteiger charge is 2.15. The Hall–Kier alpha value is -2.89. The second kappa shape index (κ2) is 8.66. The first kappa shape index (κ1) is 20.4. The van der Waals surface area contributed by atoms with Crippen molar-refractivity contribution >= 4 is 18.0 Å². The average Bonchev–Trinajstić information content (AvgIpc) is 2.90. The molecule has 6 nitrogen and oxygen atoms in total. The number of benzene rings is 1. The van der Waals surface area contributed by atoms with Gasteiger partial charge in [-0.3, -0.25) is 9.59 Å². The predicted octanol–water partition coefficient (Wildman–Crippen LogP) is 3.08. The molecule has 2 N–H and O–H groups in total. The van der Waals surface area contributed by atoms with E-state index in [-0.39, 0.29) is 6.04 Å². The molecule has 0 saturated heterocycles. The van der Waals surface area contributed by atoms with Crippen molar-refractivity contribution in [2.75, 3.05) is 0 Å². The lowest BCUT2D eigenvalue weighted by molar-refractivity contribution is -0.139. The van der Waals surface area contributed by atoms with Crippen molar-refractivity contribution in [3.8, 4) is 5.69 Å². The van der Waals surface area contributed by atoms with Crippen molar-refractivity contribution in [3.63, 3.8) is 0 Å². The zero-order valence-corrected chi connectivity index (χ0v) is 16.9. The van der Waals surface area contributed by atoms with Crippen LogP contribution in [0, 0.1) is 27.7 Å². The molecule has 1 heterocycles. The fraction of sp³-hybridized carbons (Fsp3) is 0.381. The molecule has 2 aromatic rings. The summed E-state index contributed by atoms with van der Waals surface area (Å²) in [5.74, 6) is -1.45. The van der Waals surface area contributed by atoms with E-state index in [0.29, 0.717) is 0 Å². The Labute approximate surface area is 160 Å². The Kier molecular flexibility index (Phi) is 6.55. The number of hydrogen-bond acceptors (Lipinski definition) is 3. The zero-order chi connectivity index (χ0) is 20.1. The Bertz CT molecular complexity index is 881. The van der Waals surface area contributed by atoms with Crippen LogP contribution in [0.5, 0.6) is 0 Å². The maximum Gasteiger partial charge on any atom is 0.329 e. The third-order valence-electron chi connectivity index (χ3n) is 4.78. The first-order valence-electron chi connectivity index (χ1n) is 9.15. The minimum Gasteiger partial charge on any atom is -0.345 e. The van der Waals surface area contributed by atoms with Crippen LogP contribution in [-0.2, 0) is 9.59 Å². The number of carbonyl (C=O) groups excluding carboxylic acids is 2. The van der Waals surface area contributed by atoms with Crippen LogP contribution in [0.15, 0.2) is 29.4 Å². The van der Waals surface area contributed by atoms with Gasteiger partial charge in [0, 0.05) is 28.7 Å². The van der Waals surface area contributed by atoms with E-state index >= 15 is 0 Å². The molecule has 0 saturated carbocycles. The van der Waals surface area contributed by atoms with Gasteiger partial charge in [-0.05, 0) is 70.4 Å². The summed E-state index contributed by atoms with van der Waals surface area (Å²) in [6.45, 7) is 12.0. The molecule has 0 bridgehead atoms. The third-order valence-corrected chi connectivity index (χ3v) is 4.78.